The maximum atomic E-state index is 10.4. The minimum Gasteiger partial charge on any atom is -0.744 e. The molecule has 0 saturated heterocycles. The predicted octanol–water partition coefficient (Wildman–Crippen LogP) is 8.46. The molecule has 0 amide bonds. The molecule has 0 aliphatic rings. The summed E-state index contributed by atoms with van der Waals surface area (Å²) >= 11 is 5.96. The van der Waals surface area contributed by atoms with Crippen LogP contribution in [0.2, 0.25) is 0 Å². The van der Waals surface area contributed by atoms with Crippen molar-refractivity contribution in [3.05, 3.63) is 29.8 Å². The van der Waals surface area contributed by atoms with Gasteiger partial charge in [-0.1, -0.05) is 77.0 Å². The van der Waals surface area contributed by atoms with Crippen LogP contribution in [-0.4, -0.2) is 49.5 Å². The van der Waals surface area contributed by atoms with Crippen molar-refractivity contribution in [1.82, 2.24) is 0 Å². The van der Waals surface area contributed by atoms with Gasteiger partial charge in [-0.05, 0) is 70.4 Å². The molecule has 0 saturated carbocycles. The molecular formula is C29H54ClNO3S. The topological polar surface area (TPSA) is 57.2 Å². The lowest BCUT2D eigenvalue weighted by atomic mass is 10.1. The van der Waals surface area contributed by atoms with Crippen LogP contribution in [-0.2, 0) is 10.1 Å². The average molecular weight is 532 g/mol. The number of rotatable bonds is 20. The number of benzene rings is 1. The van der Waals surface area contributed by atoms with Crippen molar-refractivity contribution in [1.29, 1.82) is 0 Å². The van der Waals surface area contributed by atoms with Gasteiger partial charge in [-0.15, -0.1) is 11.6 Å². The summed E-state index contributed by atoms with van der Waals surface area (Å²) in [4.78, 5) is -0.178. The molecule has 0 radical (unpaired) electrons. The summed E-state index contributed by atoms with van der Waals surface area (Å²) in [6.07, 6.45) is 19.3. The fraction of sp³-hybridized carbons (Fsp3) is 0.793. The van der Waals surface area contributed by atoms with Gasteiger partial charge in [0.1, 0.15) is 10.1 Å². The van der Waals surface area contributed by atoms with Gasteiger partial charge in [0.2, 0.25) is 0 Å². The van der Waals surface area contributed by atoms with Crippen molar-refractivity contribution >= 4 is 21.7 Å². The van der Waals surface area contributed by atoms with E-state index in [9.17, 15) is 13.0 Å². The smallest absolute Gasteiger partial charge is 0.124 e. The zero-order valence-corrected chi connectivity index (χ0v) is 24.8. The van der Waals surface area contributed by atoms with E-state index in [1.165, 1.54) is 133 Å². The first-order valence-electron chi connectivity index (χ1n) is 14.2. The van der Waals surface area contributed by atoms with Crippen LogP contribution in [0.3, 0.4) is 0 Å². The SMILES string of the molecule is CCCCCC[N+](CCCCCl)(CCCCCC)CCCCCC.Cc1ccc(S(=O)(=O)[O-])cc1. The number of nitrogens with zero attached hydrogens (tertiary/aromatic N) is 1. The summed E-state index contributed by atoms with van der Waals surface area (Å²) in [5, 5.41) is 0. The lowest BCUT2D eigenvalue weighted by molar-refractivity contribution is -0.929. The van der Waals surface area contributed by atoms with Gasteiger partial charge in [-0.2, -0.15) is 0 Å². The molecule has 6 heteroatoms. The molecule has 1 aromatic carbocycles. The van der Waals surface area contributed by atoms with E-state index in [1.807, 2.05) is 6.92 Å². The van der Waals surface area contributed by atoms with E-state index in [2.05, 4.69) is 20.8 Å². The predicted molar refractivity (Wildman–Crippen MR) is 151 cm³/mol. The molecule has 0 aromatic heterocycles. The largest absolute Gasteiger partial charge is 0.744 e. The van der Waals surface area contributed by atoms with Gasteiger partial charge in [0.05, 0.1) is 31.1 Å². The van der Waals surface area contributed by atoms with Gasteiger partial charge in [0.15, 0.2) is 0 Å². The molecule has 0 unspecified atom stereocenters. The van der Waals surface area contributed by atoms with E-state index in [1.54, 1.807) is 12.1 Å². The van der Waals surface area contributed by atoms with Crippen molar-refractivity contribution in [3.8, 4) is 0 Å². The molecule has 35 heavy (non-hydrogen) atoms. The average Bonchev–Trinajstić information content (AvgIpc) is 2.83. The summed E-state index contributed by atoms with van der Waals surface area (Å²) in [6, 6.07) is 5.78. The van der Waals surface area contributed by atoms with Crippen LogP contribution in [0.4, 0.5) is 0 Å². The van der Waals surface area contributed by atoms with Crippen LogP contribution in [0.25, 0.3) is 0 Å². The molecule has 0 aliphatic heterocycles. The van der Waals surface area contributed by atoms with E-state index >= 15 is 0 Å². The number of quaternary nitrogens is 1. The zero-order valence-electron chi connectivity index (χ0n) is 23.2. The Hall–Kier alpha value is -0.620. The van der Waals surface area contributed by atoms with E-state index in [4.69, 9.17) is 11.6 Å². The van der Waals surface area contributed by atoms with E-state index in [0.717, 1.165) is 11.4 Å². The maximum absolute atomic E-state index is 10.4. The second-order valence-corrected chi connectivity index (χ2v) is 11.8. The van der Waals surface area contributed by atoms with Gasteiger partial charge in [0, 0.05) is 5.88 Å². The summed E-state index contributed by atoms with van der Waals surface area (Å²) in [5.41, 5.74) is 0.928. The third-order valence-electron chi connectivity index (χ3n) is 6.78. The van der Waals surface area contributed by atoms with Crippen molar-refractivity contribution in [2.24, 2.45) is 0 Å². The summed E-state index contributed by atoms with van der Waals surface area (Å²) < 4.78 is 32.6. The quantitative estimate of drug-likeness (QED) is 0.0733. The van der Waals surface area contributed by atoms with Crippen LogP contribution >= 0.6 is 11.6 Å². The Balaban J connectivity index is 0.000000867. The Bertz CT molecular complexity index is 676. The Morgan fingerprint density at radius 1 is 0.657 bits per heavy atom. The fourth-order valence-electron chi connectivity index (χ4n) is 4.54. The Morgan fingerprint density at radius 3 is 1.34 bits per heavy atom. The van der Waals surface area contributed by atoms with Gasteiger partial charge in [0.25, 0.3) is 0 Å². The van der Waals surface area contributed by atoms with Crippen LogP contribution in [0.5, 0.6) is 0 Å². The third kappa shape index (κ3) is 18.3. The lowest BCUT2D eigenvalue weighted by Gasteiger charge is -2.39. The molecule has 0 N–H and O–H groups in total. The fourth-order valence-corrected chi connectivity index (χ4v) is 5.20. The van der Waals surface area contributed by atoms with Crippen molar-refractivity contribution in [2.75, 3.05) is 32.1 Å². The monoisotopic (exact) mass is 531 g/mol. The second kappa shape index (κ2) is 21.5. The number of hydrogen-bond donors (Lipinski definition) is 0. The standard InChI is InChI=1S/C22H47ClN.C7H8O3S/c1-4-7-10-14-19-24(22-17-13-18-23,20-15-11-8-5-2)21-16-12-9-6-3;1-6-2-4-7(5-3-6)11(8,9)10/h4-22H2,1-3H3;2-5H,1H3,(H,8,9,10)/q+1;/p-1. The Kier molecular flexibility index (Phi) is 21.1. The van der Waals surface area contributed by atoms with Gasteiger partial charge >= 0.3 is 0 Å². The first-order valence-corrected chi connectivity index (χ1v) is 16.1. The summed E-state index contributed by atoms with van der Waals surface area (Å²) in [5.74, 6) is 0.835. The molecule has 0 atom stereocenters. The van der Waals surface area contributed by atoms with Crippen LogP contribution in [0, 0.1) is 6.92 Å². The van der Waals surface area contributed by atoms with Crippen molar-refractivity contribution < 1.29 is 17.5 Å². The molecule has 0 aliphatic carbocycles. The highest BCUT2D eigenvalue weighted by atomic mass is 35.5. The van der Waals surface area contributed by atoms with Gasteiger partial charge in [-0.3, -0.25) is 0 Å². The van der Waals surface area contributed by atoms with Gasteiger partial charge < -0.3 is 9.04 Å². The molecular weight excluding hydrogens is 478 g/mol. The highest BCUT2D eigenvalue weighted by Gasteiger charge is 2.25. The molecule has 1 aromatic rings. The Morgan fingerprint density at radius 2 is 1.03 bits per heavy atom. The van der Waals surface area contributed by atoms with E-state index < -0.39 is 10.1 Å². The van der Waals surface area contributed by atoms with Crippen LogP contribution in [0.15, 0.2) is 29.2 Å². The highest BCUT2D eigenvalue weighted by molar-refractivity contribution is 7.85. The van der Waals surface area contributed by atoms with Crippen molar-refractivity contribution in [3.63, 3.8) is 0 Å². The number of halogens is 1. The number of alkyl halides is 1. The molecule has 0 fully saturated rings. The Labute approximate surface area is 223 Å². The maximum Gasteiger partial charge on any atom is 0.124 e. The van der Waals surface area contributed by atoms with Gasteiger partial charge in [-0.25, -0.2) is 8.42 Å². The van der Waals surface area contributed by atoms with Crippen molar-refractivity contribution in [2.45, 2.75) is 122 Å². The normalized spacial score (nSPS) is 11.8. The molecule has 0 heterocycles. The number of hydrogen-bond acceptors (Lipinski definition) is 3. The zero-order chi connectivity index (χ0) is 26.4. The number of aryl methyl sites for hydroxylation is 1. The molecule has 0 spiro atoms. The lowest BCUT2D eigenvalue weighted by Crippen LogP contribution is -2.50. The summed E-state index contributed by atoms with van der Waals surface area (Å²) in [7, 11) is -4.27. The van der Waals surface area contributed by atoms with E-state index in [-0.39, 0.29) is 4.90 Å². The first kappa shape index (κ1) is 34.4. The third-order valence-corrected chi connectivity index (χ3v) is 7.90. The van der Waals surface area contributed by atoms with Crippen LogP contribution < -0.4 is 0 Å². The molecule has 0 bridgehead atoms. The minimum absolute atomic E-state index is 0.178. The molecule has 206 valence electrons. The highest BCUT2D eigenvalue weighted by Crippen LogP contribution is 2.19. The van der Waals surface area contributed by atoms with Crippen LogP contribution in [0.1, 0.15) is 116 Å². The molecule has 1 rings (SSSR count). The van der Waals surface area contributed by atoms with E-state index in [0.29, 0.717) is 0 Å². The number of unbranched alkanes of at least 4 members (excludes halogenated alkanes) is 10. The first-order chi connectivity index (χ1) is 16.7. The minimum atomic E-state index is -4.27. The summed E-state index contributed by atoms with van der Waals surface area (Å²) in [6.45, 7) is 14.4. The molecule has 4 nitrogen and oxygen atoms in total. The second-order valence-electron chi connectivity index (χ2n) is 10.1.